The summed E-state index contributed by atoms with van der Waals surface area (Å²) < 4.78 is 6.65. The molecule has 0 saturated carbocycles. The lowest BCUT2D eigenvalue weighted by atomic mass is 10.2. The first-order valence-electron chi connectivity index (χ1n) is 6.28. The highest BCUT2D eigenvalue weighted by atomic mass is 16.5. The van der Waals surface area contributed by atoms with E-state index in [0.717, 1.165) is 18.4 Å². The first-order chi connectivity index (χ1) is 9.29. The zero-order valence-corrected chi connectivity index (χ0v) is 10.9. The molecule has 0 unspecified atom stereocenters. The number of hydrogen-bond donors (Lipinski definition) is 1. The molecular formula is C12H17N5O2. The highest BCUT2D eigenvalue weighted by molar-refractivity contribution is 5.77. The molecule has 0 aromatic carbocycles. The third kappa shape index (κ3) is 3.99. The van der Waals surface area contributed by atoms with Gasteiger partial charge in [0.2, 0.25) is 5.91 Å². The molecule has 102 valence electrons. The molecule has 0 saturated heterocycles. The van der Waals surface area contributed by atoms with E-state index in [4.69, 9.17) is 4.74 Å². The molecule has 0 aliphatic carbocycles. The summed E-state index contributed by atoms with van der Waals surface area (Å²) in [5.41, 5.74) is 1.07. The Morgan fingerprint density at radius 1 is 1.47 bits per heavy atom. The molecular weight excluding hydrogens is 246 g/mol. The number of hydrogen-bond acceptors (Lipinski definition) is 5. The minimum Gasteiger partial charge on any atom is -0.372 e. The Morgan fingerprint density at radius 2 is 2.37 bits per heavy atom. The van der Waals surface area contributed by atoms with E-state index in [0.29, 0.717) is 18.9 Å². The van der Waals surface area contributed by atoms with Crippen molar-refractivity contribution >= 4 is 11.7 Å². The van der Waals surface area contributed by atoms with E-state index in [9.17, 15) is 4.79 Å². The summed E-state index contributed by atoms with van der Waals surface area (Å²) in [5.74, 6) is 0.514. The van der Waals surface area contributed by atoms with Crippen molar-refractivity contribution < 1.29 is 9.53 Å². The van der Waals surface area contributed by atoms with Crippen LogP contribution in [0, 0.1) is 0 Å². The lowest BCUT2D eigenvalue weighted by Gasteiger charge is -2.05. The van der Waals surface area contributed by atoms with E-state index in [-0.39, 0.29) is 12.5 Å². The monoisotopic (exact) mass is 263 g/mol. The molecule has 0 radical (unpaired) electrons. The van der Waals surface area contributed by atoms with Gasteiger partial charge in [-0.3, -0.25) is 4.79 Å². The summed E-state index contributed by atoms with van der Waals surface area (Å²) in [6.45, 7) is 3.17. The van der Waals surface area contributed by atoms with E-state index in [2.05, 4.69) is 20.4 Å². The van der Waals surface area contributed by atoms with E-state index >= 15 is 0 Å². The molecule has 7 heteroatoms. The summed E-state index contributed by atoms with van der Waals surface area (Å²) in [5, 5.41) is 6.83. The second-order valence-corrected chi connectivity index (χ2v) is 4.06. The van der Waals surface area contributed by atoms with Crippen LogP contribution in [0.25, 0.3) is 5.78 Å². The number of aromatic nitrogens is 4. The van der Waals surface area contributed by atoms with Crippen LogP contribution in [0.4, 0.5) is 0 Å². The fraction of sp³-hybridized carbons (Fsp3) is 0.500. The maximum absolute atomic E-state index is 11.3. The molecule has 2 heterocycles. The minimum atomic E-state index is -0.0771. The van der Waals surface area contributed by atoms with E-state index < -0.39 is 0 Å². The number of aryl methyl sites for hydroxylation is 1. The first-order valence-corrected chi connectivity index (χ1v) is 6.28. The molecule has 0 aliphatic heterocycles. The molecule has 19 heavy (non-hydrogen) atoms. The highest BCUT2D eigenvalue weighted by Crippen LogP contribution is 2.02. The zero-order chi connectivity index (χ0) is 13.5. The smallest absolute Gasteiger partial charge is 0.252 e. The molecule has 0 atom stereocenters. The maximum Gasteiger partial charge on any atom is 0.252 e. The molecule has 0 spiro atoms. The van der Waals surface area contributed by atoms with Crippen molar-refractivity contribution in [2.24, 2.45) is 0 Å². The lowest BCUT2D eigenvalue weighted by molar-refractivity contribution is -0.125. The predicted octanol–water partition coefficient (Wildman–Crippen LogP) is 0.210. The zero-order valence-electron chi connectivity index (χ0n) is 10.9. The first kappa shape index (κ1) is 13.4. The van der Waals surface area contributed by atoms with Gasteiger partial charge in [-0.1, -0.05) is 0 Å². The Balaban J connectivity index is 1.72. The largest absolute Gasteiger partial charge is 0.372 e. The molecule has 1 N–H and O–H groups in total. The van der Waals surface area contributed by atoms with Gasteiger partial charge in [0.25, 0.3) is 5.78 Å². The number of ether oxygens (including phenoxy) is 1. The molecule has 0 fully saturated rings. The van der Waals surface area contributed by atoms with Crippen LogP contribution in [-0.4, -0.2) is 45.2 Å². The van der Waals surface area contributed by atoms with Crippen LogP contribution in [0.15, 0.2) is 18.7 Å². The molecule has 2 aromatic rings. The molecule has 7 nitrogen and oxygen atoms in total. The molecule has 2 aromatic heterocycles. The number of nitrogens with zero attached hydrogens (tertiary/aromatic N) is 4. The number of carbonyl (C=O) groups is 1. The number of fused-ring (bicyclic) bond motifs is 1. The van der Waals surface area contributed by atoms with Gasteiger partial charge in [-0.25, -0.2) is 9.50 Å². The topological polar surface area (TPSA) is 81.4 Å². The Kier molecular flexibility index (Phi) is 4.79. The van der Waals surface area contributed by atoms with Crippen molar-refractivity contribution in [1.29, 1.82) is 0 Å². The van der Waals surface area contributed by atoms with Gasteiger partial charge in [0.15, 0.2) is 0 Å². The third-order valence-electron chi connectivity index (χ3n) is 2.59. The van der Waals surface area contributed by atoms with E-state index in [1.807, 2.05) is 13.1 Å². The van der Waals surface area contributed by atoms with Gasteiger partial charge in [0.1, 0.15) is 12.9 Å². The molecule has 1 amide bonds. The second-order valence-electron chi connectivity index (χ2n) is 4.06. The predicted molar refractivity (Wildman–Crippen MR) is 68.6 cm³/mol. The highest BCUT2D eigenvalue weighted by Gasteiger charge is 2.01. The Labute approximate surface area is 111 Å². The van der Waals surface area contributed by atoms with Crippen LogP contribution in [0.1, 0.15) is 18.9 Å². The minimum absolute atomic E-state index is 0.0771. The summed E-state index contributed by atoms with van der Waals surface area (Å²) in [7, 11) is 0. The van der Waals surface area contributed by atoms with Gasteiger partial charge < -0.3 is 10.1 Å². The van der Waals surface area contributed by atoms with Crippen molar-refractivity contribution in [3.8, 4) is 0 Å². The standard InChI is InChI=1S/C12H17N5O2/c1-2-19-8-11(18)13-5-3-4-10-6-14-12-15-9-16-17(12)7-10/h6-7,9H,2-5,8H2,1H3,(H,13,18). The lowest BCUT2D eigenvalue weighted by Crippen LogP contribution is -2.28. The van der Waals surface area contributed by atoms with Crippen LogP contribution < -0.4 is 5.32 Å². The Morgan fingerprint density at radius 3 is 3.21 bits per heavy atom. The van der Waals surface area contributed by atoms with Gasteiger partial charge in [0.05, 0.1) is 0 Å². The molecule has 0 bridgehead atoms. The molecule has 0 aliphatic rings. The number of nitrogens with one attached hydrogen (secondary N) is 1. The maximum atomic E-state index is 11.3. The van der Waals surface area contributed by atoms with Crippen molar-refractivity contribution in [2.45, 2.75) is 19.8 Å². The molecule has 2 rings (SSSR count). The summed E-state index contributed by atoms with van der Waals surface area (Å²) in [4.78, 5) is 19.4. The van der Waals surface area contributed by atoms with Gasteiger partial charge >= 0.3 is 0 Å². The average molecular weight is 263 g/mol. The quantitative estimate of drug-likeness (QED) is 0.722. The van der Waals surface area contributed by atoms with Crippen LogP contribution in [-0.2, 0) is 16.0 Å². The van der Waals surface area contributed by atoms with Crippen LogP contribution in [0.2, 0.25) is 0 Å². The van der Waals surface area contributed by atoms with Gasteiger partial charge in [-0.05, 0) is 25.3 Å². The van der Waals surface area contributed by atoms with Crippen LogP contribution >= 0.6 is 0 Å². The average Bonchev–Trinajstić information content (AvgIpc) is 2.88. The SMILES string of the molecule is CCOCC(=O)NCCCc1cnc2ncnn2c1. The third-order valence-corrected chi connectivity index (χ3v) is 2.59. The van der Waals surface area contributed by atoms with Crippen molar-refractivity contribution in [1.82, 2.24) is 24.9 Å². The Hall–Kier alpha value is -2.02. The number of rotatable bonds is 7. The van der Waals surface area contributed by atoms with Crippen molar-refractivity contribution in [3.63, 3.8) is 0 Å². The Bertz CT molecular complexity index is 540. The van der Waals surface area contributed by atoms with Crippen molar-refractivity contribution in [3.05, 3.63) is 24.3 Å². The van der Waals surface area contributed by atoms with Gasteiger partial charge in [-0.15, -0.1) is 0 Å². The van der Waals surface area contributed by atoms with E-state index in [1.165, 1.54) is 6.33 Å². The fourth-order valence-electron chi connectivity index (χ4n) is 1.65. The fourth-order valence-corrected chi connectivity index (χ4v) is 1.65. The number of carbonyl (C=O) groups excluding carboxylic acids is 1. The van der Waals surface area contributed by atoms with Crippen LogP contribution in [0.5, 0.6) is 0 Å². The van der Waals surface area contributed by atoms with Gasteiger partial charge in [0, 0.05) is 25.5 Å². The normalized spacial score (nSPS) is 10.8. The number of amides is 1. The second kappa shape index (κ2) is 6.79. The summed E-state index contributed by atoms with van der Waals surface area (Å²) in [6.07, 6.45) is 6.83. The van der Waals surface area contributed by atoms with Gasteiger partial charge in [-0.2, -0.15) is 10.1 Å². The van der Waals surface area contributed by atoms with E-state index in [1.54, 1.807) is 10.7 Å². The van der Waals surface area contributed by atoms with Crippen LogP contribution in [0.3, 0.4) is 0 Å². The summed E-state index contributed by atoms with van der Waals surface area (Å²) >= 11 is 0. The summed E-state index contributed by atoms with van der Waals surface area (Å²) in [6, 6.07) is 0. The van der Waals surface area contributed by atoms with Crippen molar-refractivity contribution in [2.75, 3.05) is 19.8 Å².